The van der Waals surface area contributed by atoms with E-state index in [9.17, 15) is 4.79 Å². The van der Waals surface area contributed by atoms with Crippen LogP contribution < -0.4 is 5.32 Å². The second-order valence-electron chi connectivity index (χ2n) is 3.76. The number of hydrogen-bond donors (Lipinski definition) is 1. The molecule has 0 atom stereocenters. The third-order valence-electron chi connectivity index (χ3n) is 2.47. The minimum Gasteiger partial charge on any atom is -0.356 e. The molecule has 0 saturated heterocycles. The smallest absolute Gasteiger partial charge is 0.216 e. The van der Waals surface area contributed by atoms with E-state index < -0.39 is 0 Å². The molecule has 1 amide bonds. The van der Waals surface area contributed by atoms with Gasteiger partial charge in [-0.1, -0.05) is 6.07 Å². The van der Waals surface area contributed by atoms with E-state index in [0.29, 0.717) is 6.54 Å². The summed E-state index contributed by atoms with van der Waals surface area (Å²) in [4.78, 5) is 15.0. The molecule has 0 unspecified atom stereocenters. The summed E-state index contributed by atoms with van der Waals surface area (Å²) in [6.45, 7) is 2.24. The number of rotatable bonds is 4. The zero-order valence-electron chi connectivity index (χ0n) is 9.31. The van der Waals surface area contributed by atoms with Crippen molar-refractivity contribution in [1.82, 2.24) is 14.7 Å². The third kappa shape index (κ3) is 2.39. The molecule has 2 rings (SSSR count). The number of carbonyl (C=O) groups excluding carboxylic acids is 1. The van der Waals surface area contributed by atoms with Gasteiger partial charge in [0.05, 0.1) is 11.7 Å². The molecule has 2 aromatic rings. The number of fused-ring (bicyclic) bond motifs is 1. The van der Waals surface area contributed by atoms with Crippen LogP contribution in [0.25, 0.3) is 5.52 Å². The number of aromatic nitrogens is 2. The quantitative estimate of drug-likeness (QED) is 0.787. The molecule has 84 valence electrons. The van der Waals surface area contributed by atoms with Crippen LogP contribution in [0.15, 0.2) is 30.6 Å². The zero-order chi connectivity index (χ0) is 11.4. The highest BCUT2D eigenvalue weighted by molar-refractivity contribution is 5.72. The highest BCUT2D eigenvalue weighted by Gasteiger charge is 2.01. The maximum Gasteiger partial charge on any atom is 0.216 e. The number of imidazole rings is 1. The van der Waals surface area contributed by atoms with E-state index in [1.54, 1.807) is 0 Å². The van der Waals surface area contributed by atoms with E-state index in [2.05, 4.69) is 14.7 Å². The lowest BCUT2D eigenvalue weighted by molar-refractivity contribution is -0.118. The number of aryl methyl sites for hydroxylation is 1. The Hall–Kier alpha value is -1.84. The molecular weight excluding hydrogens is 202 g/mol. The average molecular weight is 217 g/mol. The lowest BCUT2D eigenvalue weighted by Gasteiger charge is -2.02. The summed E-state index contributed by atoms with van der Waals surface area (Å²) in [5.74, 6) is 1.06. The van der Waals surface area contributed by atoms with Crippen LogP contribution >= 0.6 is 0 Å². The van der Waals surface area contributed by atoms with Crippen molar-refractivity contribution in [3.8, 4) is 0 Å². The zero-order valence-corrected chi connectivity index (χ0v) is 9.31. The maximum atomic E-state index is 10.7. The normalized spacial score (nSPS) is 10.6. The number of amides is 1. The van der Waals surface area contributed by atoms with Crippen LogP contribution in [0, 0.1) is 0 Å². The first kappa shape index (κ1) is 10.7. The Morgan fingerprint density at radius 3 is 3.19 bits per heavy atom. The molecular formula is C12H15N3O. The molecule has 2 heterocycles. The maximum absolute atomic E-state index is 10.7. The van der Waals surface area contributed by atoms with Gasteiger partial charge in [0.1, 0.15) is 5.82 Å². The largest absolute Gasteiger partial charge is 0.356 e. The van der Waals surface area contributed by atoms with E-state index in [-0.39, 0.29) is 5.91 Å². The van der Waals surface area contributed by atoms with Crippen LogP contribution in [0.4, 0.5) is 0 Å². The number of carbonyl (C=O) groups is 1. The summed E-state index contributed by atoms with van der Waals surface area (Å²) >= 11 is 0. The number of nitrogens with zero attached hydrogens (tertiary/aromatic N) is 2. The molecule has 2 aromatic heterocycles. The fourth-order valence-electron chi connectivity index (χ4n) is 1.70. The van der Waals surface area contributed by atoms with E-state index >= 15 is 0 Å². The lowest BCUT2D eigenvalue weighted by atomic mass is 10.3. The Kier molecular flexibility index (Phi) is 3.19. The second-order valence-corrected chi connectivity index (χ2v) is 3.76. The van der Waals surface area contributed by atoms with Gasteiger partial charge < -0.3 is 9.72 Å². The van der Waals surface area contributed by atoms with E-state index in [1.165, 1.54) is 6.92 Å². The summed E-state index contributed by atoms with van der Waals surface area (Å²) in [5.41, 5.74) is 1.11. The molecule has 0 bridgehead atoms. The SMILES string of the molecule is CC(=O)NCCCc1ncc2ccccn12. The standard InChI is InChI=1S/C12H15N3O/c1-10(16)13-7-4-6-12-14-9-11-5-2-3-8-15(11)12/h2-3,5,8-9H,4,6-7H2,1H3,(H,13,16). The topological polar surface area (TPSA) is 46.4 Å². The molecule has 4 heteroatoms. The summed E-state index contributed by atoms with van der Waals surface area (Å²) in [6.07, 6.45) is 5.66. The molecule has 0 spiro atoms. The number of pyridine rings is 1. The van der Waals surface area contributed by atoms with Gasteiger partial charge in [0.15, 0.2) is 0 Å². The molecule has 0 radical (unpaired) electrons. The van der Waals surface area contributed by atoms with Gasteiger partial charge in [-0.05, 0) is 18.6 Å². The second kappa shape index (κ2) is 4.79. The monoisotopic (exact) mass is 217 g/mol. The van der Waals surface area contributed by atoms with Crippen molar-refractivity contribution in [1.29, 1.82) is 0 Å². The highest BCUT2D eigenvalue weighted by Crippen LogP contribution is 2.07. The third-order valence-corrected chi connectivity index (χ3v) is 2.47. The van der Waals surface area contributed by atoms with Crippen molar-refractivity contribution in [2.45, 2.75) is 19.8 Å². The van der Waals surface area contributed by atoms with E-state index in [4.69, 9.17) is 0 Å². The van der Waals surface area contributed by atoms with E-state index in [1.807, 2.05) is 30.6 Å². The molecule has 0 fully saturated rings. The molecule has 0 saturated carbocycles. The van der Waals surface area contributed by atoms with Crippen molar-refractivity contribution in [2.75, 3.05) is 6.54 Å². The highest BCUT2D eigenvalue weighted by atomic mass is 16.1. The fraction of sp³-hybridized carbons (Fsp3) is 0.333. The molecule has 16 heavy (non-hydrogen) atoms. The Labute approximate surface area is 94.3 Å². The first-order valence-corrected chi connectivity index (χ1v) is 5.43. The van der Waals surface area contributed by atoms with E-state index in [0.717, 1.165) is 24.2 Å². The Morgan fingerprint density at radius 2 is 2.38 bits per heavy atom. The minimum absolute atomic E-state index is 0.0213. The van der Waals surface area contributed by atoms with Crippen LogP contribution in [0.5, 0.6) is 0 Å². The molecule has 0 aromatic carbocycles. The Morgan fingerprint density at radius 1 is 1.50 bits per heavy atom. The van der Waals surface area contributed by atoms with Gasteiger partial charge in [0.25, 0.3) is 0 Å². The fourth-order valence-corrected chi connectivity index (χ4v) is 1.70. The molecule has 1 N–H and O–H groups in total. The molecule has 4 nitrogen and oxygen atoms in total. The van der Waals surface area contributed by atoms with Crippen LogP contribution in [0.2, 0.25) is 0 Å². The summed E-state index contributed by atoms with van der Waals surface area (Å²) in [5, 5.41) is 2.78. The first-order chi connectivity index (χ1) is 7.77. The van der Waals surface area contributed by atoms with Crippen molar-refractivity contribution in [3.05, 3.63) is 36.4 Å². The molecule has 0 aliphatic heterocycles. The average Bonchev–Trinajstić information content (AvgIpc) is 2.68. The van der Waals surface area contributed by atoms with Gasteiger partial charge in [-0.2, -0.15) is 0 Å². The molecule has 0 aliphatic carbocycles. The van der Waals surface area contributed by atoms with Gasteiger partial charge in [-0.15, -0.1) is 0 Å². The number of hydrogen-bond acceptors (Lipinski definition) is 2. The number of nitrogens with one attached hydrogen (secondary N) is 1. The van der Waals surface area contributed by atoms with Crippen molar-refractivity contribution in [3.63, 3.8) is 0 Å². The van der Waals surface area contributed by atoms with Crippen molar-refractivity contribution < 1.29 is 4.79 Å². The van der Waals surface area contributed by atoms with Gasteiger partial charge in [-0.25, -0.2) is 4.98 Å². The van der Waals surface area contributed by atoms with Crippen LogP contribution in [0.1, 0.15) is 19.2 Å². The predicted octanol–water partition coefficient (Wildman–Crippen LogP) is 1.40. The van der Waals surface area contributed by atoms with Gasteiger partial charge in [0, 0.05) is 26.1 Å². The Bertz CT molecular complexity index is 490. The van der Waals surface area contributed by atoms with Crippen LogP contribution in [0.3, 0.4) is 0 Å². The summed E-state index contributed by atoms with van der Waals surface area (Å²) < 4.78 is 2.08. The van der Waals surface area contributed by atoms with Gasteiger partial charge >= 0.3 is 0 Å². The first-order valence-electron chi connectivity index (χ1n) is 5.43. The predicted molar refractivity (Wildman–Crippen MR) is 62.2 cm³/mol. The lowest BCUT2D eigenvalue weighted by Crippen LogP contribution is -2.21. The van der Waals surface area contributed by atoms with Crippen LogP contribution in [-0.2, 0) is 11.2 Å². The van der Waals surface area contributed by atoms with Crippen molar-refractivity contribution in [2.24, 2.45) is 0 Å². The van der Waals surface area contributed by atoms with Gasteiger partial charge in [-0.3, -0.25) is 4.79 Å². The van der Waals surface area contributed by atoms with Gasteiger partial charge in [0.2, 0.25) is 5.91 Å². The molecule has 0 aliphatic rings. The van der Waals surface area contributed by atoms with Crippen LogP contribution in [-0.4, -0.2) is 21.8 Å². The Balaban J connectivity index is 1.97. The minimum atomic E-state index is 0.0213. The summed E-state index contributed by atoms with van der Waals surface area (Å²) in [6, 6.07) is 6.02. The summed E-state index contributed by atoms with van der Waals surface area (Å²) in [7, 11) is 0. The van der Waals surface area contributed by atoms with Crippen molar-refractivity contribution >= 4 is 11.4 Å².